The summed E-state index contributed by atoms with van der Waals surface area (Å²) in [7, 11) is 1.94. The first-order valence-electron chi connectivity index (χ1n) is 8.09. The highest BCUT2D eigenvalue weighted by atomic mass is 16.5. The second-order valence-electron chi connectivity index (χ2n) is 5.31. The van der Waals surface area contributed by atoms with E-state index in [1.807, 2.05) is 25.4 Å². The largest absolute Gasteiger partial charge is 0.366 e. The van der Waals surface area contributed by atoms with Crippen LogP contribution in [0.2, 0.25) is 0 Å². The molecule has 0 aliphatic heterocycles. The summed E-state index contributed by atoms with van der Waals surface area (Å²) < 4.78 is 6.21. The van der Waals surface area contributed by atoms with E-state index in [4.69, 9.17) is 4.74 Å². The smallest absolute Gasteiger partial charge is 0.125 e. The van der Waals surface area contributed by atoms with Crippen LogP contribution in [0.25, 0.3) is 0 Å². The van der Waals surface area contributed by atoms with Gasteiger partial charge in [0, 0.05) is 12.7 Å². The molecule has 0 saturated carbocycles. The van der Waals surface area contributed by atoms with Gasteiger partial charge in [-0.05, 0) is 48.7 Å². The van der Waals surface area contributed by atoms with Gasteiger partial charge in [0.25, 0.3) is 0 Å². The molecule has 0 saturated heterocycles. The van der Waals surface area contributed by atoms with Crippen LogP contribution in [0.1, 0.15) is 42.3 Å². The fraction of sp³-hybridized carbons (Fsp3) is 0.421. The van der Waals surface area contributed by atoms with Gasteiger partial charge in [-0.3, -0.25) is 4.98 Å². The fourth-order valence-electron chi connectivity index (χ4n) is 2.75. The van der Waals surface area contributed by atoms with E-state index in [1.54, 1.807) is 0 Å². The van der Waals surface area contributed by atoms with Crippen molar-refractivity contribution in [2.24, 2.45) is 0 Å². The van der Waals surface area contributed by atoms with Crippen LogP contribution >= 0.6 is 0 Å². The molecule has 118 valence electrons. The van der Waals surface area contributed by atoms with Gasteiger partial charge in [-0.25, -0.2) is 0 Å². The molecular formula is C19H26N2O. The molecule has 1 N–H and O–H groups in total. The quantitative estimate of drug-likeness (QED) is 0.757. The minimum absolute atomic E-state index is 0.0966. The molecule has 0 radical (unpaired) electrons. The summed E-state index contributed by atoms with van der Waals surface area (Å²) in [5, 5.41) is 3.14. The summed E-state index contributed by atoms with van der Waals surface area (Å²) in [4.78, 5) is 4.54. The van der Waals surface area contributed by atoms with Crippen LogP contribution in [-0.2, 0) is 17.6 Å². The molecule has 3 heteroatoms. The molecule has 1 aromatic heterocycles. The minimum atomic E-state index is -0.0966. The van der Waals surface area contributed by atoms with E-state index < -0.39 is 0 Å². The number of hydrogen-bond acceptors (Lipinski definition) is 3. The van der Waals surface area contributed by atoms with Gasteiger partial charge in [0.15, 0.2) is 0 Å². The number of benzene rings is 1. The number of hydrogen-bond donors (Lipinski definition) is 1. The summed E-state index contributed by atoms with van der Waals surface area (Å²) in [6.45, 7) is 5.89. The van der Waals surface area contributed by atoms with Crippen LogP contribution in [-0.4, -0.2) is 25.2 Å². The normalized spacial score (nSPS) is 12.3. The van der Waals surface area contributed by atoms with Crippen LogP contribution in [0.15, 0.2) is 42.6 Å². The maximum atomic E-state index is 6.21. The van der Waals surface area contributed by atoms with E-state index in [2.05, 4.69) is 48.4 Å². The molecule has 0 bridgehead atoms. The first kappa shape index (κ1) is 16.7. The summed E-state index contributed by atoms with van der Waals surface area (Å²) in [6.07, 6.45) is 3.74. The number of pyridine rings is 1. The van der Waals surface area contributed by atoms with E-state index in [9.17, 15) is 0 Å². The van der Waals surface area contributed by atoms with Crippen molar-refractivity contribution in [3.8, 4) is 0 Å². The van der Waals surface area contributed by atoms with E-state index >= 15 is 0 Å². The van der Waals surface area contributed by atoms with Crippen LogP contribution < -0.4 is 5.32 Å². The molecular weight excluding hydrogens is 272 g/mol. The lowest BCUT2D eigenvalue weighted by atomic mass is 9.91. The maximum Gasteiger partial charge on any atom is 0.125 e. The first-order chi connectivity index (χ1) is 10.8. The van der Waals surface area contributed by atoms with Crippen molar-refractivity contribution in [2.45, 2.75) is 32.8 Å². The zero-order valence-electron chi connectivity index (χ0n) is 13.8. The van der Waals surface area contributed by atoms with E-state index in [0.717, 1.165) is 25.1 Å². The van der Waals surface area contributed by atoms with Gasteiger partial charge in [0.05, 0.1) is 12.3 Å². The molecule has 0 amide bonds. The monoisotopic (exact) mass is 298 g/mol. The van der Waals surface area contributed by atoms with Crippen LogP contribution in [0, 0.1) is 0 Å². The fourth-order valence-corrected chi connectivity index (χ4v) is 2.75. The van der Waals surface area contributed by atoms with Crippen molar-refractivity contribution < 1.29 is 4.74 Å². The molecule has 0 spiro atoms. The summed E-state index contributed by atoms with van der Waals surface area (Å²) in [6, 6.07) is 12.6. The second kappa shape index (κ2) is 8.66. The van der Waals surface area contributed by atoms with E-state index in [1.165, 1.54) is 16.7 Å². The van der Waals surface area contributed by atoms with Gasteiger partial charge in [-0.2, -0.15) is 0 Å². The van der Waals surface area contributed by atoms with Crippen molar-refractivity contribution in [3.63, 3.8) is 0 Å². The van der Waals surface area contributed by atoms with Crippen LogP contribution in [0.4, 0.5) is 0 Å². The van der Waals surface area contributed by atoms with Gasteiger partial charge in [0.1, 0.15) is 6.10 Å². The summed E-state index contributed by atoms with van der Waals surface area (Å²) >= 11 is 0. The molecule has 2 rings (SSSR count). The van der Waals surface area contributed by atoms with Crippen molar-refractivity contribution in [3.05, 3.63) is 65.0 Å². The van der Waals surface area contributed by atoms with Gasteiger partial charge in [-0.1, -0.05) is 38.1 Å². The van der Waals surface area contributed by atoms with Gasteiger partial charge in [0.2, 0.25) is 0 Å². The Morgan fingerprint density at radius 1 is 1.05 bits per heavy atom. The number of rotatable bonds is 8. The SMILES string of the molecule is CCc1cccc(CC)c1C(OCCNC)c1ccccn1. The Bertz CT molecular complexity index is 547. The lowest BCUT2D eigenvalue weighted by molar-refractivity contribution is 0.0791. The lowest BCUT2D eigenvalue weighted by Crippen LogP contribution is -2.19. The van der Waals surface area contributed by atoms with Crippen molar-refractivity contribution in [1.29, 1.82) is 0 Å². The number of aromatic nitrogens is 1. The zero-order chi connectivity index (χ0) is 15.8. The van der Waals surface area contributed by atoms with Crippen molar-refractivity contribution >= 4 is 0 Å². The molecule has 1 heterocycles. The molecule has 1 unspecified atom stereocenters. The third-order valence-electron chi connectivity index (χ3n) is 3.90. The number of likely N-dealkylation sites (N-methyl/N-ethyl adjacent to an activating group) is 1. The molecule has 0 aliphatic rings. The third kappa shape index (κ3) is 3.93. The van der Waals surface area contributed by atoms with Crippen molar-refractivity contribution in [2.75, 3.05) is 20.2 Å². The van der Waals surface area contributed by atoms with E-state index in [0.29, 0.717) is 6.61 Å². The predicted octanol–water partition coefficient (Wildman–Crippen LogP) is 3.53. The van der Waals surface area contributed by atoms with Crippen LogP contribution in [0.3, 0.4) is 0 Å². The van der Waals surface area contributed by atoms with Crippen LogP contribution in [0.5, 0.6) is 0 Å². The Morgan fingerprint density at radius 3 is 2.32 bits per heavy atom. The van der Waals surface area contributed by atoms with Gasteiger partial charge < -0.3 is 10.1 Å². The average molecular weight is 298 g/mol. The highest BCUT2D eigenvalue weighted by Gasteiger charge is 2.21. The molecule has 0 fully saturated rings. The highest BCUT2D eigenvalue weighted by molar-refractivity contribution is 5.40. The first-order valence-corrected chi connectivity index (χ1v) is 8.09. The standard InChI is InChI=1S/C19H26N2O/c1-4-15-9-8-10-16(5-2)18(15)19(22-14-13-20-3)17-11-6-7-12-21-17/h6-12,19-20H,4-5,13-14H2,1-3H3. The Balaban J connectivity index is 2.44. The second-order valence-corrected chi connectivity index (χ2v) is 5.31. The maximum absolute atomic E-state index is 6.21. The molecule has 22 heavy (non-hydrogen) atoms. The predicted molar refractivity (Wildman–Crippen MR) is 91.2 cm³/mol. The Morgan fingerprint density at radius 2 is 1.77 bits per heavy atom. The molecule has 1 atom stereocenters. The number of nitrogens with one attached hydrogen (secondary N) is 1. The molecule has 3 nitrogen and oxygen atoms in total. The average Bonchev–Trinajstić information content (AvgIpc) is 2.59. The van der Waals surface area contributed by atoms with Crippen molar-refractivity contribution in [1.82, 2.24) is 10.3 Å². The number of aryl methyl sites for hydroxylation is 2. The number of ether oxygens (including phenoxy) is 1. The Hall–Kier alpha value is -1.71. The molecule has 2 aromatic rings. The Labute approximate surface area is 133 Å². The van der Waals surface area contributed by atoms with E-state index in [-0.39, 0.29) is 6.10 Å². The topological polar surface area (TPSA) is 34.1 Å². The molecule has 1 aromatic carbocycles. The summed E-state index contributed by atoms with van der Waals surface area (Å²) in [5.41, 5.74) is 4.97. The Kier molecular flexibility index (Phi) is 6.56. The van der Waals surface area contributed by atoms with Gasteiger partial charge >= 0.3 is 0 Å². The van der Waals surface area contributed by atoms with Gasteiger partial charge in [-0.15, -0.1) is 0 Å². The third-order valence-corrected chi connectivity index (χ3v) is 3.90. The minimum Gasteiger partial charge on any atom is -0.366 e. The highest BCUT2D eigenvalue weighted by Crippen LogP contribution is 2.31. The zero-order valence-corrected chi connectivity index (χ0v) is 13.8. The number of nitrogens with zero attached hydrogens (tertiary/aromatic N) is 1. The lowest BCUT2D eigenvalue weighted by Gasteiger charge is -2.23. The molecule has 0 aliphatic carbocycles. The summed E-state index contributed by atoms with van der Waals surface area (Å²) in [5.74, 6) is 0.